The number of carbonyl (C=O) groups is 7. The first kappa shape index (κ1) is 72.0. The second-order valence-electron chi connectivity index (χ2n) is 30.5. The van der Waals surface area contributed by atoms with Gasteiger partial charge in [0.2, 0.25) is 17.7 Å². The number of fused-ring (bicyclic) bond motifs is 2. The molecule has 538 valence electrons. The molecule has 4 aromatic heterocycles. The molecule has 7 amide bonds. The van der Waals surface area contributed by atoms with Crippen molar-refractivity contribution in [2.24, 2.45) is 27.9 Å². The van der Waals surface area contributed by atoms with Crippen molar-refractivity contribution >= 4 is 91.4 Å². The molecule has 7 aliphatic rings. The van der Waals surface area contributed by atoms with E-state index in [1.165, 1.54) is 18.6 Å². The van der Waals surface area contributed by atoms with E-state index in [4.69, 9.17) is 35.4 Å². The van der Waals surface area contributed by atoms with Crippen LogP contribution in [0.2, 0.25) is 0 Å². The fourth-order valence-corrected chi connectivity index (χ4v) is 18.7. The van der Waals surface area contributed by atoms with Gasteiger partial charge in [0, 0.05) is 97.0 Å². The molecule has 7 heterocycles. The molecule has 4 bridgehead atoms. The van der Waals surface area contributed by atoms with Gasteiger partial charge in [-0.25, -0.2) is 19.6 Å². The maximum absolute atomic E-state index is 14.0. The highest BCUT2D eigenvalue weighted by molar-refractivity contribution is 7.22. The predicted molar refractivity (Wildman–Crippen MR) is 384 cm³/mol. The van der Waals surface area contributed by atoms with Gasteiger partial charge in [0.05, 0.1) is 67.5 Å². The van der Waals surface area contributed by atoms with E-state index >= 15 is 0 Å². The van der Waals surface area contributed by atoms with E-state index in [1.807, 2.05) is 78.7 Å². The number of aromatic nitrogens is 6. The number of para-hydroxylation sites is 1. The van der Waals surface area contributed by atoms with E-state index in [0.29, 0.717) is 54.3 Å². The Hall–Kier alpha value is -8.76. The topological polar surface area (TPSA) is 323 Å². The number of thiazole rings is 1. The molecule has 0 radical (unpaired) electrons. The number of carboxylic acid groups (broad SMARTS) is 1. The summed E-state index contributed by atoms with van der Waals surface area (Å²) < 4.78 is 16.9. The number of ether oxygens (including phenoxy) is 2. The molecule has 13 rings (SSSR count). The minimum atomic E-state index is -1.11. The van der Waals surface area contributed by atoms with Crippen molar-refractivity contribution in [2.45, 2.75) is 163 Å². The lowest BCUT2D eigenvalue weighted by molar-refractivity contribution is -0.963. The SMILES string of the molecule is Cc1c(Nc2nc3ccccc3s2)nnc2c1CCCN2c1ccc(-c2cnn(CC34CC5(OCCN6CC[N+](Cc7ccc(NC(=O)[C@H](CCCNC(N)=O)NC(=O)[C@@H](NC(=O)CCOCCN8C(=O)C=CC8=O)C(C)C)cc7)(C(C)C)CC6)C[C@](C)(C3)C[C@](C)(C4)C5)c2C)c(C(=O)O)n1. The monoisotopic (exact) mass is 1400 g/mol. The summed E-state index contributed by atoms with van der Waals surface area (Å²) >= 11 is 1.56. The molecule has 4 aliphatic carbocycles. The van der Waals surface area contributed by atoms with Crippen molar-refractivity contribution in [3.63, 3.8) is 0 Å². The Bertz CT molecular complexity index is 4080. The first-order valence-corrected chi connectivity index (χ1v) is 36.4. The lowest BCUT2D eigenvalue weighted by atomic mass is 9.39. The number of aromatic carboxylic acids is 1. The number of rotatable bonds is 30. The third-order valence-corrected chi connectivity index (χ3v) is 22.8. The quantitative estimate of drug-likeness (QED) is 0.0126. The third-order valence-electron chi connectivity index (χ3n) is 21.9. The van der Waals surface area contributed by atoms with Crippen LogP contribution in [-0.2, 0) is 53.0 Å². The number of piperazine rings is 1. The van der Waals surface area contributed by atoms with E-state index in [2.05, 4.69) is 75.9 Å². The summed E-state index contributed by atoms with van der Waals surface area (Å²) in [6, 6.07) is 17.3. The first-order valence-electron chi connectivity index (χ1n) is 35.6. The number of amides is 7. The van der Waals surface area contributed by atoms with Crippen molar-refractivity contribution in [3.05, 3.63) is 107 Å². The molecule has 6 aromatic rings. The highest BCUT2D eigenvalue weighted by Crippen LogP contribution is 2.72. The van der Waals surface area contributed by atoms with Crippen LogP contribution in [0.25, 0.3) is 21.3 Å². The van der Waals surface area contributed by atoms with Crippen LogP contribution in [0, 0.1) is 36.0 Å². The number of nitrogens with zero attached hydrogens (tertiary/aromatic N) is 10. The third kappa shape index (κ3) is 16.1. The highest BCUT2D eigenvalue weighted by atomic mass is 32.1. The van der Waals surface area contributed by atoms with Crippen molar-refractivity contribution in [2.75, 3.05) is 87.7 Å². The number of hydrogen-bond acceptors (Lipinski definition) is 18. The van der Waals surface area contributed by atoms with Crippen LogP contribution in [0.5, 0.6) is 0 Å². The number of anilines is 5. The number of hydrogen-bond donors (Lipinski definition) is 7. The molecule has 5 fully saturated rings. The Morgan fingerprint density at radius 1 is 0.802 bits per heavy atom. The van der Waals surface area contributed by atoms with Gasteiger partial charge in [-0.05, 0) is 150 Å². The summed E-state index contributed by atoms with van der Waals surface area (Å²) in [5.41, 5.74) is 12.0. The van der Waals surface area contributed by atoms with E-state index in [1.54, 1.807) is 25.2 Å². The van der Waals surface area contributed by atoms with Crippen molar-refractivity contribution in [3.8, 4) is 11.1 Å². The smallest absolute Gasteiger partial charge is 0.355 e. The largest absolute Gasteiger partial charge is 0.476 e. The maximum atomic E-state index is 14.0. The number of carboxylic acids is 1. The Morgan fingerprint density at radius 3 is 2.23 bits per heavy atom. The summed E-state index contributed by atoms with van der Waals surface area (Å²) in [4.78, 5) is 104. The minimum absolute atomic E-state index is 0.00461. The summed E-state index contributed by atoms with van der Waals surface area (Å²) in [5.74, 6) is -1.93. The van der Waals surface area contributed by atoms with Crippen molar-refractivity contribution in [1.29, 1.82) is 0 Å². The zero-order valence-electron chi connectivity index (χ0n) is 59.4. The first-order chi connectivity index (χ1) is 48.2. The zero-order valence-corrected chi connectivity index (χ0v) is 60.2. The number of primary amides is 1. The van der Waals surface area contributed by atoms with Gasteiger partial charge in [0.15, 0.2) is 22.5 Å². The average Bonchev–Trinajstić information content (AvgIpc) is 1.38. The van der Waals surface area contributed by atoms with Gasteiger partial charge in [0.1, 0.15) is 24.4 Å². The predicted octanol–water partition coefficient (Wildman–Crippen LogP) is 8.71. The fourth-order valence-electron chi connectivity index (χ4n) is 17.8. The standard InChI is InChI=1S/C74H96N16O10S/c1-46(2)62(82-59(91)25-34-99-35-31-88-60(92)23-24-61(88)93)67(95)79-56(15-11-26-76-69(75)98)66(94)78-51-19-17-50(18-20-51)38-90(47(3)4)32-28-86(29-33-90)30-36-100-74-42-71(7)39-72(8,43-74)41-73(40-71,44-74)45-89-49(6)54(37-77-89)53-21-22-58(81-63(53)68(96)97)87-27-12-13-52-48(5)64(84-85-65(52)87)83-70-80-55-14-9-10-16-57(55)101-70/h9-10,14,16-24,37,46-47,56,62H,11-13,15,25-36,38-45H2,1-8H3,(H7-,75,76,78,79,80,82,83,84,91,94,95,96,97,98)/p+1/t56-,62-,71-,72+,73?,74?/m0/s1. The number of urea groups is 1. The molecule has 4 saturated carbocycles. The van der Waals surface area contributed by atoms with Crippen molar-refractivity contribution < 1.29 is 52.6 Å². The van der Waals surface area contributed by atoms with Crippen LogP contribution < -0.4 is 37.2 Å². The fraction of sp³-hybridized carbons (Fsp3) is 0.541. The number of carbonyl (C=O) groups excluding carboxylic acids is 6. The second-order valence-corrected chi connectivity index (χ2v) is 31.5. The summed E-state index contributed by atoms with van der Waals surface area (Å²) in [7, 11) is 0. The van der Waals surface area contributed by atoms with Crippen LogP contribution in [-0.4, -0.2) is 187 Å². The van der Waals surface area contributed by atoms with Gasteiger partial charge in [-0.3, -0.25) is 38.5 Å². The van der Waals surface area contributed by atoms with Crippen LogP contribution in [0.15, 0.2) is 79.0 Å². The van der Waals surface area contributed by atoms with Crippen LogP contribution in [0.4, 0.5) is 33.1 Å². The molecular weight excluding hydrogens is 1300 g/mol. The van der Waals surface area contributed by atoms with E-state index in [-0.39, 0.29) is 72.6 Å². The van der Waals surface area contributed by atoms with Gasteiger partial charge >= 0.3 is 12.0 Å². The number of imide groups is 1. The number of pyridine rings is 1. The van der Waals surface area contributed by atoms with Crippen LogP contribution in [0.1, 0.15) is 139 Å². The Kier molecular flexibility index (Phi) is 21.2. The number of nitrogens with one attached hydrogen (secondary N) is 5. The molecule has 6 atom stereocenters. The van der Waals surface area contributed by atoms with Crippen LogP contribution in [0.3, 0.4) is 0 Å². The molecule has 1 saturated heterocycles. The van der Waals surface area contributed by atoms with Gasteiger partial charge in [-0.15, -0.1) is 10.2 Å². The average molecular weight is 1400 g/mol. The van der Waals surface area contributed by atoms with Crippen molar-refractivity contribution in [1.82, 2.24) is 55.7 Å². The molecule has 27 heteroatoms. The molecule has 2 aromatic carbocycles. The normalized spacial score (nSPS) is 22.8. The number of nitrogens with two attached hydrogens (primary N) is 1. The molecule has 26 nitrogen and oxygen atoms in total. The Balaban J connectivity index is 0.639. The summed E-state index contributed by atoms with van der Waals surface area (Å²) in [6.45, 7) is 24.9. The number of quaternary nitrogens is 1. The molecule has 8 N–H and O–H groups in total. The molecule has 101 heavy (non-hydrogen) atoms. The zero-order chi connectivity index (χ0) is 71.6. The Morgan fingerprint density at radius 2 is 1.53 bits per heavy atom. The second kappa shape index (κ2) is 29.7. The van der Waals surface area contributed by atoms with Crippen LogP contribution >= 0.6 is 11.3 Å². The Labute approximate surface area is 593 Å². The number of benzene rings is 2. The maximum Gasteiger partial charge on any atom is 0.355 e. The van der Waals surface area contributed by atoms with Gasteiger partial charge in [0.25, 0.3) is 11.8 Å². The minimum Gasteiger partial charge on any atom is -0.476 e. The van der Waals surface area contributed by atoms with E-state index < -0.39 is 53.6 Å². The summed E-state index contributed by atoms with van der Waals surface area (Å²) in [5, 5.41) is 40.4. The molecule has 0 spiro atoms. The summed E-state index contributed by atoms with van der Waals surface area (Å²) in [6.07, 6.45) is 12.6. The molecule has 3 aliphatic heterocycles. The molecule has 2 unspecified atom stereocenters. The highest BCUT2D eigenvalue weighted by Gasteiger charge is 2.66. The van der Waals surface area contributed by atoms with Gasteiger partial charge in [-0.1, -0.05) is 63.3 Å². The lowest BCUT2D eigenvalue weighted by Gasteiger charge is -2.69. The van der Waals surface area contributed by atoms with E-state index in [9.17, 15) is 38.7 Å². The lowest BCUT2D eigenvalue weighted by Crippen LogP contribution is -2.65. The molecular formula is C74H97N16O10S+. The van der Waals surface area contributed by atoms with Gasteiger partial charge in [-0.2, -0.15) is 5.10 Å². The van der Waals surface area contributed by atoms with E-state index in [0.717, 1.165) is 143 Å². The van der Waals surface area contributed by atoms with Gasteiger partial charge < -0.3 is 56.3 Å².